The number of hydrogen-bond acceptors (Lipinski definition) is 4. The van der Waals surface area contributed by atoms with Crippen LogP contribution in [0.3, 0.4) is 0 Å². The summed E-state index contributed by atoms with van der Waals surface area (Å²) in [7, 11) is 1.58. The van der Waals surface area contributed by atoms with E-state index in [0.29, 0.717) is 22.7 Å². The second kappa shape index (κ2) is 7.68. The number of hydrogen-bond donors (Lipinski definition) is 1. The summed E-state index contributed by atoms with van der Waals surface area (Å²) in [6.45, 7) is 0.279. The Morgan fingerprint density at radius 3 is 2.27 bits per heavy atom. The number of methoxy groups -OCH3 is 1. The molecule has 4 nitrogen and oxygen atoms in total. The number of benzene rings is 2. The van der Waals surface area contributed by atoms with E-state index in [-0.39, 0.29) is 12.4 Å². The van der Waals surface area contributed by atoms with Gasteiger partial charge in [-0.3, -0.25) is 0 Å². The minimum Gasteiger partial charge on any atom is -0.497 e. The number of halogens is 4. The monoisotopic (exact) mass is 475 g/mol. The lowest BCUT2D eigenvalue weighted by Gasteiger charge is -2.33. The van der Waals surface area contributed by atoms with E-state index >= 15 is 0 Å². The minimum atomic E-state index is -4.55. The Balaban J connectivity index is 1.89. The Labute approximate surface area is 179 Å². The van der Waals surface area contributed by atoms with Gasteiger partial charge in [-0.05, 0) is 54.1 Å². The Bertz CT molecular complexity index is 1110. The summed E-state index contributed by atoms with van der Waals surface area (Å²) < 4.78 is 46.0. The molecule has 1 aliphatic heterocycles. The van der Waals surface area contributed by atoms with Gasteiger partial charge in [-0.1, -0.05) is 28.1 Å². The molecule has 0 saturated heterocycles. The third-order valence-electron chi connectivity index (χ3n) is 4.93. The van der Waals surface area contributed by atoms with Crippen LogP contribution in [-0.4, -0.2) is 18.6 Å². The highest BCUT2D eigenvalue weighted by Gasteiger charge is 2.35. The molecule has 0 fully saturated rings. The molecule has 1 aromatic heterocycles. The molecule has 0 saturated carbocycles. The molecule has 4 rings (SSSR count). The van der Waals surface area contributed by atoms with E-state index in [1.165, 1.54) is 6.07 Å². The summed E-state index contributed by atoms with van der Waals surface area (Å²) >= 11 is 3.39. The molecule has 0 amide bonds. The van der Waals surface area contributed by atoms with E-state index in [2.05, 4.69) is 20.9 Å². The first kappa shape index (κ1) is 20.3. The molecule has 30 heavy (non-hydrogen) atoms. The number of nitrogens with two attached hydrogens (primary N) is 1. The first-order valence-corrected chi connectivity index (χ1v) is 9.82. The van der Waals surface area contributed by atoms with Gasteiger partial charge in [0.2, 0.25) is 0 Å². The van der Waals surface area contributed by atoms with Gasteiger partial charge in [0.15, 0.2) is 0 Å². The lowest BCUT2D eigenvalue weighted by molar-refractivity contribution is -0.141. The van der Waals surface area contributed by atoms with Crippen molar-refractivity contribution in [3.05, 3.63) is 82.0 Å². The maximum atomic E-state index is 13.3. The highest BCUT2D eigenvalue weighted by molar-refractivity contribution is 9.10. The van der Waals surface area contributed by atoms with Gasteiger partial charge >= 0.3 is 6.18 Å². The molecule has 2 aromatic carbocycles. The molecular formula is C22H17BrF3N3O. The maximum Gasteiger partial charge on any atom is 0.433 e. The topological polar surface area (TPSA) is 51.4 Å². The molecule has 0 unspecified atom stereocenters. The van der Waals surface area contributed by atoms with E-state index in [0.717, 1.165) is 21.7 Å². The van der Waals surface area contributed by atoms with Crippen LogP contribution in [0.5, 0.6) is 5.75 Å². The quantitative estimate of drug-likeness (QED) is 0.516. The summed E-state index contributed by atoms with van der Waals surface area (Å²) in [5.41, 5.74) is 8.70. The average Bonchev–Trinajstić information content (AvgIpc) is 2.74. The lowest BCUT2D eigenvalue weighted by Crippen LogP contribution is -2.29. The average molecular weight is 476 g/mol. The summed E-state index contributed by atoms with van der Waals surface area (Å²) in [5.74, 6) is 0.886. The van der Waals surface area contributed by atoms with Crippen LogP contribution >= 0.6 is 15.9 Å². The number of pyridine rings is 1. The zero-order chi connectivity index (χ0) is 21.5. The van der Waals surface area contributed by atoms with E-state index in [9.17, 15) is 13.2 Å². The van der Waals surface area contributed by atoms with Crippen LogP contribution in [0.2, 0.25) is 0 Å². The van der Waals surface area contributed by atoms with Crippen molar-refractivity contribution >= 4 is 38.7 Å². The van der Waals surface area contributed by atoms with Crippen molar-refractivity contribution in [1.82, 2.24) is 4.98 Å². The smallest absolute Gasteiger partial charge is 0.433 e. The highest BCUT2D eigenvalue weighted by Crippen LogP contribution is 2.41. The Morgan fingerprint density at radius 2 is 1.67 bits per heavy atom. The summed E-state index contributed by atoms with van der Waals surface area (Å²) in [5, 5.41) is 0. The third kappa shape index (κ3) is 3.75. The Hall–Kier alpha value is -3.00. The Kier molecular flexibility index (Phi) is 5.19. The minimum absolute atomic E-state index is 0.182. The molecule has 2 heterocycles. The molecule has 0 atom stereocenters. The van der Waals surface area contributed by atoms with Crippen molar-refractivity contribution in [1.29, 1.82) is 0 Å². The van der Waals surface area contributed by atoms with Gasteiger partial charge in [0.1, 0.15) is 17.3 Å². The molecule has 154 valence electrons. The van der Waals surface area contributed by atoms with Crippen molar-refractivity contribution in [2.24, 2.45) is 5.73 Å². The van der Waals surface area contributed by atoms with E-state index in [1.807, 2.05) is 48.5 Å². The van der Waals surface area contributed by atoms with Gasteiger partial charge in [-0.15, -0.1) is 0 Å². The lowest BCUT2D eigenvalue weighted by atomic mass is 9.95. The molecule has 3 aromatic rings. The van der Waals surface area contributed by atoms with Crippen molar-refractivity contribution < 1.29 is 17.9 Å². The second-order valence-corrected chi connectivity index (χ2v) is 7.66. The van der Waals surface area contributed by atoms with Crippen LogP contribution in [0, 0.1) is 0 Å². The summed E-state index contributed by atoms with van der Waals surface area (Å²) in [6.07, 6.45) is -4.55. The van der Waals surface area contributed by atoms with E-state index < -0.39 is 11.9 Å². The number of aromatic nitrogens is 1. The van der Waals surface area contributed by atoms with E-state index in [1.54, 1.807) is 12.0 Å². The molecular weight excluding hydrogens is 459 g/mol. The fourth-order valence-corrected chi connectivity index (χ4v) is 3.64. The first-order valence-electron chi connectivity index (χ1n) is 9.02. The molecule has 1 aliphatic rings. The zero-order valence-electron chi connectivity index (χ0n) is 15.9. The van der Waals surface area contributed by atoms with E-state index in [4.69, 9.17) is 10.5 Å². The number of alkyl halides is 3. The van der Waals surface area contributed by atoms with Crippen molar-refractivity contribution in [3.63, 3.8) is 0 Å². The number of fused-ring (bicyclic) bond motifs is 1. The summed E-state index contributed by atoms with van der Waals surface area (Å²) in [4.78, 5) is 5.67. The molecule has 0 bridgehead atoms. The van der Waals surface area contributed by atoms with Crippen molar-refractivity contribution in [2.75, 3.05) is 18.6 Å². The fraction of sp³-hybridized carbons (Fsp3) is 0.136. The number of rotatable bonds is 3. The van der Waals surface area contributed by atoms with Gasteiger partial charge in [-0.25, -0.2) is 4.98 Å². The van der Waals surface area contributed by atoms with Gasteiger partial charge < -0.3 is 15.4 Å². The molecule has 0 radical (unpaired) electrons. The molecule has 0 spiro atoms. The van der Waals surface area contributed by atoms with Gasteiger partial charge in [-0.2, -0.15) is 13.2 Å². The predicted molar refractivity (Wildman–Crippen MR) is 114 cm³/mol. The normalized spacial score (nSPS) is 14.0. The van der Waals surface area contributed by atoms with Crippen LogP contribution < -0.4 is 15.4 Å². The van der Waals surface area contributed by atoms with Crippen molar-refractivity contribution in [2.45, 2.75) is 6.18 Å². The first-order chi connectivity index (χ1) is 14.3. The second-order valence-electron chi connectivity index (χ2n) is 6.75. The maximum absolute atomic E-state index is 13.3. The predicted octanol–water partition coefficient (Wildman–Crippen LogP) is 5.85. The van der Waals surface area contributed by atoms with Crippen molar-refractivity contribution in [3.8, 4) is 5.75 Å². The van der Waals surface area contributed by atoms with Gasteiger partial charge in [0.05, 0.1) is 13.7 Å². The summed E-state index contributed by atoms with van der Waals surface area (Å²) in [6, 6.07) is 17.0. The number of ether oxygens (including phenoxy) is 1. The largest absolute Gasteiger partial charge is 0.497 e. The zero-order valence-corrected chi connectivity index (χ0v) is 17.5. The fourth-order valence-electron chi connectivity index (χ4n) is 3.38. The van der Waals surface area contributed by atoms with Gasteiger partial charge in [0, 0.05) is 27.0 Å². The third-order valence-corrected chi connectivity index (χ3v) is 5.46. The Morgan fingerprint density at radius 1 is 1.00 bits per heavy atom. The number of anilines is 2. The molecule has 8 heteroatoms. The molecule has 2 N–H and O–H groups in total. The van der Waals surface area contributed by atoms with Crippen LogP contribution in [0.25, 0.3) is 11.3 Å². The SMILES string of the molecule is COc1ccc(C2=C(N)c3ccc(C(F)(F)F)nc3N(c3ccc(Br)cc3)C2)cc1. The van der Waals surface area contributed by atoms with Crippen LogP contribution in [0.4, 0.5) is 24.7 Å². The van der Waals surface area contributed by atoms with Crippen LogP contribution in [-0.2, 0) is 6.18 Å². The standard InChI is InChI=1S/C22H17BrF3N3O/c1-30-16-8-2-13(3-9-16)18-12-29(15-6-4-14(23)5-7-15)21-17(20(18)27)10-11-19(28-21)22(24,25)26/h2-11H,12,27H2,1H3. The van der Waals surface area contributed by atoms with Crippen LogP contribution in [0.1, 0.15) is 16.8 Å². The molecule has 0 aliphatic carbocycles. The highest BCUT2D eigenvalue weighted by atomic mass is 79.9. The number of nitrogens with zero attached hydrogens (tertiary/aromatic N) is 2. The van der Waals surface area contributed by atoms with Crippen LogP contribution in [0.15, 0.2) is 65.1 Å². The van der Waals surface area contributed by atoms with Gasteiger partial charge in [0.25, 0.3) is 0 Å².